The van der Waals surface area contributed by atoms with Crippen LogP contribution < -0.4 is 10.2 Å². The predicted octanol–water partition coefficient (Wildman–Crippen LogP) is 1.03. The number of aromatic nitrogens is 2. The summed E-state index contributed by atoms with van der Waals surface area (Å²) >= 11 is 0. The summed E-state index contributed by atoms with van der Waals surface area (Å²) in [6.07, 6.45) is 5.50. The lowest BCUT2D eigenvalue weighted by Gasteiger charge is -2.40. The summed E-state index contributed by atoms with van der Waals surface area (Å²) in [5.74, 6) is 0.201. The van der Waals surface area contributed by atoms with Gasteiger partial charge in [-0.25, -0.2) is 9.97 Å². The first kappa shape index (κ1) is 14.4. The number of anilines is 1. The number of piperazine rings is 1. The van der Waals surface area contributed by atoms with Gasteiger partial charge in [0.15, 0.2) is 0 Å². The highest BCUT2D eigenvalue weighted by Crippen LogP contribution is 2.23. The molecule has 1 aromatic heterocycles. The minimum absolute atomic E-state index is 0.0657. The molecule has 1 atom stereocenters. The monoisotopic (exact) mass is 311 g/mol. The van der Waals surface area contributed by atoms with E-state index in [1.54, 1.807) is 6.33 Å². The Balaban J connectivity index is 1.45. The molecule has 2 aliphatic heterocycles. The van der Waals surface area contributed by atoms with E-state index in [-0.39, 0.29) is 11.9 Å². The van der Waals surface area contributed by atoms with Gasteiger partial charge in [0, 0.05) is 50.0 Å². The first-order valence-corrected chi connectivity index (χ1v) is 8.28. The molecule has 0 spiro atoms. The SMILES string of the molecule is O=C1NCCCC1N1CCN(c2ccc3ncncc3c2)CC1. The third-order valence-corrected chi connectivity index (χ3v) is 4.86. The summed E-state index contributed by atoms with van der Waals surface area (Å²) in [6.45, 7) is 4.59. The Kier molecular flexibility index (Phi) is 3.83. The molecule has 3 heterocycles. The zero-order valence-electron chi connectivity index (χ0n) is 13.1. The second kappa shape index (κ2) is 6.12. The maximum absolute atomic E-state index is 12.0. The minimum Gasteiger partial charge on any atom is -0.369 e. The van der Waals surface area contributed by atoms with Crippen molar-refractivity contribution in [3.8, 4) is 0 Å². The molecule has 1 amide bonds. The van der Waals surface area contributed by atoms with Gasteiger partial charge in [0.25, 0.3) is 0 Å². The van der Waals surface area contributed by atoms with E-state index in [0.717, 1.165) is 56.5 Å². The van der Waals surface area contributed by atoms with Crippen molar-refractivity contribution in [2.24, 2.45) is 0 Å². The first-order chi connectivity index (χ1) is 11.3. The number of carbonyl (C=O) groups excluding carboxylic acids is 1. The smallest absolute Gasteiger partial charge is 0.237 e. The number of hydrogen-bond donors (Lipinski definition) is 1. The fourth-order valence-electron chi connectivity index (χ4n) is 3.56. The van der Waals surface area contributed by atoms with Crippen LogP contribution in [0.5, 0.6) is 0 Å². The number of nitrogens with zero attached hydrogens (tertiary/aromatic N) is 4. The molecule has 6 heteroatoms. The molecule has 1 N–H and O–H groups in total. The zero-order valence-corrected chi connectivity index (χ0v) is 13.1. The largest absolute Gasteiger partial charge is 0.369 e. The standard InChI is InChI=1S/C17H21N5O/c23-17-16(2-1-5-19-17)22-8-6-21(7-9-22)14-3-4-15-13(10-14)11-18-12-20-15/h3-4,10-12,16H,1-2,5-9H2,(H,19,23). The molecule has 0 bridgehead atoms. The van der Waals surface area contributed by atoms with Crippen LogP contribution >= 0.6 is 0 Å². The van der Waals surface area contributed by atoms with Crippen molar-refractivity contribution < 1.29 is 4.79 Å². The second-order valence-corrected chi connectivity index (χ2v) is 6.24. The van der Waals surface area contributed by atoms with Crippen LogP contribution in [0.2, 0.25) is 0 Å². The van der Waals surface area contributed by atoms with Crippen molar-refractivity contribution in [1.29, 1.82) is 0 Å². The van der Waals surface area contributed by atoms with Crippen LogP contribution in [0.4, 0.5) is 5.69 Å². The van der Waals surface area contributed by atoms with Crippen molar-refractivity contribution in [2.75, 3.05) is 37.6 Å². The van der Waals surface area contributed by atoms with Gasteiger partial charge in [-0.15, -0.1) is 0 Å². The molecule has 1 unspecified atom stereocenters. The van der Waals surface area contributed by atoms with E-state index in [9.17, 15) is 4.79 Å². The van der Waals surface area contributed by atoms with E-state index in [1.165, 1.54) is 5.69 Å². The van der Waals surface area contributed by atoms with E-state index in [2.05, 4.69) is 37.2 Å². The summed E-state index contributed by atoms with van der Waals surface area (Å²) in [7, 11) is 0. The maximum atomic E-state index is 12.0. The van der Waals surface area contributed by atoms with E-state index in [4.69, 9.17) is 0 Å². The molecule has 2 saturated heterocycles. The van der Waals surface area contributed by atoms with Crippen LogP contribution in [-0.4, -0.2) is 59.5 Å². The summed E-state index contributed by atoms with van der Waals surface area (Å²) in [5.41, 5.74) is 2.18. The molecule has 0 radical (unpaired) electrons. The number of nitrogens with one attached hydrogen (secondary N) is 1. The van der Waals surface area contributed by atoms with Crippen LogP contribution in [0.1, 0.15) is 12.8 Å². The summed E-state index contributed by atoms with van der Waals surface area (Å²) in [5, 5.41) is 4.05. The molecular formula is C17H21N5O. The average Bonchev–Trinajstić information content (AvgIpc) is 2.62. The average molecular weight is 311 g/mol. The number of fused-ring (bicyclic) bond motifs is 1. The topological polar surface area (TPSA) is 61.4 Å². The van der Waals surface area contributed by atoms with Crippen molar-refractivity contribution in [3.63, 3.8) is 0 Å². The van der Waals surface area contributed by atoms with Crippen LogP contribution in [0.3, 0.4) is 0 Å². The number of rotatable bonds is 2. The molecule has 6 nitrogen and oxygen atoms in total. The molecule has 0 saturated carbocycles. The Morgan fingerprint density at radius 3 is 2.87 bits per heavy atom. The fraction of sp³-hybridized carbons (Fsp3) is 0.471. The van der Waals surface area contributed by atoms with Crippen molar-refractivity contribution in [2.45, 2.75) is 18.9 Å². The Labute approximate surface area is 135 Å². The summed E-state index contributed by atoms with van der Waals surface area (Å²) < 4.78 is 0. The van der Waals surface area contributed by atoms with Crippen LogP contribution in [0.25, 0.3) is 10.9 Å². The van der Waals surface area contributed by atoms with Crippen molar-refractivity contribution in [1.82, 2.24) is 20.2 Å². The molecule has 23 heavy (non-hydrogen) atoms. The molecule has 1 aromatic carbocycles. The van der Waals surface area contributed by atoms with Gasteiger partial charge in [-0.1, -0.05) is 0 Å². The van der Waals surface area contributed by atoms with Gasteiger partial charge in [0.05, 0.1) is 11.6 Å². The quantitative estimate of drug-likeness (QED) is 0.897. The predicted molar refractivity (Wildman–Crippen MR) is 89.4 cm³/mol. The first-order valence-electron chi connectivity index (χ1n) is 8.28. The number of hydrogen-bond acceptors (Lipinski definition) is 5. The Morgan fingerprint density at radius 2 is 2.04 bits per heavy atom. The Bertz CT molecular complexity index is 711. The second-order valence-electron chi connectivity index (χ2n) is 6.24. The van der Waals surface area contributed by atoms with Crippen molar-refractivity contribution in [3.05, 3.63) is 30.7 Å². The van der Waals surface area contributed by atoms with Gasteiger partial charge in [-0.3, -0.25) is 9.69 Å². The highest BCUT2D eigenvalue weighted by molar-refractivity contribution is 5.83. The maximum Gasteiger partial charge on any atom is 0.237 e. The Hall–Kier alpha value is -2.21. The fourth-order valence-corrected chi connectivity index (χ4v) is 3.56. The lowest BCUT2D eigenvalue weighted by molar-refractivity contribution is -0.128. The molecular weight excluding hydrogens is 290 g/mol. The van der Waals surface area contributed by atoms with Gasteiger partial charge >= 0.3 is 0 Å². The highest BCUT2D eigenvalue weighted by atomic mass is 16.2. The van der Waals surface area contributed by atoms with Crippen LogP contribution in [-0.2, 0) is 4.79 Å². The van der Waals surface area contributed by atoms with Crippen molar-refractivity contribution >= 4 is 22.5 Å². The number of benzene rings is 1. The molecule has 120 valence electrons. The summed E-state index contributed by atoms with van der Waals surface area (Å²) in [6, 6.07) is 6.39. The minimum atomic E-state index is 0.0657. The number of carbonyl (C=O) groups is 1. The molecule has 2 aromatic rings. The van der Waals surface area contributed by atoms with Gasteiger partial charge in [-0.05, 0) is 31.0 Å². The zero-order chi connectivity index (χ0) is 15.6. The summed E-state index contributed by atoms with van der Waals surface area (Å²) in [4.78, 5) is 25.1. The Morgan fingerprint density at radius 1 is 1.17 bits per heavy atom. The highest BCUT2D eigenvalue weighted by Gasteiger charge is 2.30. The van der Waals surface area contributed by atoms with Gasteiger partial charge in [-0.2, -0.15) is 0 Å². The van der Waals surface area contributed by atoms with Gasteiger partial charge in [0.1, 0.15) is 6.33 Å². The lowest BCUT2D eigenvalue weighted by atomic mass is 10.0. The lowest BCUT2D eigenvalue weighted by Crippen LogP contribution is -2.56. The van der Waals surface area contributed by atoms with Gasteiger partial charge < -0.3 is 10.2 Å². The van der Waals surface area contributed by atoms with Crippen LogP contribution in [0, 0.1) is 0 Å². The van der Waals surface area contributed by atoms with E-state index < -0.39 is 0 Å². The number of piperidine rings is 1. The third kappa shape index (κ3) is 2.86. The molecule has 2 fully saturated rings. The number of amides is 1. The molecule has 2 aliphatic rings. The normalized spacial score (nSPS) is 23.0. The molecule has 0 aliphatic carbocycles. The van der Waals surface area contributed by atoms with Gasteiger partial charge in [0.2, 0.25) is 5.91 Å². The van der Waals surface area contributed by atoms with Crippen LogP contribution in [0.15, 0.2) is 30.7 Å². The third-order valence-electron chi connectivity index (χ3n) is 4.86. The van der Waals surface area contributed by atoms with E-state index in [0.29, 0.717) is 0 Å². The van der Waals surface area contributed by atoms with E-state index >= 15 is 0 Å². The van der Waals surface area contributed by atoms with E-state index in [1.807, 2.05) is 12.3 Å². The molecule has 4 rings (SSSR count).